The van der Waals surface area contributed by atoms with Gasteiger partial charge in [-0.25, -0.2) is 8.42 Å². The molecule has 8 heteroatoms. The topological polar surface area (TPSA) is 72.9 Å². The molecule has 0 saturated carbocycles. The van der Waals surface area contributed by atoms with Crippen LogP contribution in [-0.2, 0) is 21.1 Å². The third-order valence-corrected chi connectivity index (χ3v) is 6.68. The summed E-state index contributed by atoms with van der Waals surface area (Å²) in [5.41, 5.74) is 1.69. The second-order valence-electron chi connectivity index (χ2n) is 6.79. The highest BCUT2D eigenvalue weighted by atomic mass is 79.9. The molecule has 150 valence electrons. The largest absolute Gasteiger partial charge is 0.486 e. The Labute approximate surface area is 173 Å². The van der Waals surface area contributed by atoms with Gasteiger partial charge in [0.05, 0.1) is 17.4 Å². The highest BCUT2D eigenvalue weighted by molar-refractivity contribution is 9.10. The predicted molar refractivity (Wildman–Crippen MR) is 110 cm³/mol. The van der Waals surface area contributed by atoms with E-state index in [4.69, 9.17) is 9.47 Å². The fourth-order valence-corrected chi connectivity index (χ4v) is 4.06. The minimum Gasteiger partial charge on any atom is -0.486 e. The Morgan fingerprint density at radius 2 is 1.71 bits per heavy atom. The van der Waals surface area contributed by atoms with Crippen LogP contribution in [0.4, 0.5) is 0 Å². The number of rotatable bonds is 5. The number of benzene rings is 2. The van der Waals surface area contributed by atoms with E-state index in [1.807, 2.05) is 19.1 Å². The Balaban J connectivity index is 1.74. The zero-order valence-electron chi connectivity index (χ0n) is 15.9. The van der Waals surface area contributed by atoms with Gasteiger partial charge in [0, 0.05) is 17.8 Å². The fourth-order valence-electron chi connectivity index (χ4n) is 2.96. The van der Waals surface area contributed by atoms with Gasteiger partial charge in [-0.2, -0.15) is 0 Å². The quantitative estimate of drug-likeness (QED) is 0.673. The molecule has 1 amide bonds. The molecule has 0 saturated heterocycles. The van der Waals surface area contributed by atoms with E-state index in [2.05, 4.69) is 15.9 Å². The lowest BCUT2D eigenvalue weighted by atomic mass is 10.1. The van der Waals surface area contributed by atoms with E-state index >= 15 is 0 Å². The molecule has 3 rings (SSSR count). The van der Waals surface area contributed by atoms with Crippen LogP contribution in [0.15, 0.2) is 45.8 Å². The van der Waals surface area contributed by atoms with E-state index < -0.39 is 9.84 Å². The first-order valence-electron chi connectivity index (χ1n) is 8.80. The molecule has 28 heavy (non-hydrogen) atoms. The molecule has 2 aromatic carbocycles. The first kappa shape index (κ1) is 20.7. The van der Waals surface area contributed by atoms with Crippen LogP contribution in [0.25, 0.3) is 0 Å². The fraction of sp³-hybridized carbons (Fsp3) is 0.350. The smallest absolute Gasteiger partial charge is 0.227 e. The average molecular weight is 468 g/mol. The molecule has 0 bridgehead atoms. The van der Waals surface area contributed by atoms with Gasteiger partial charge in [-0.15, -0.1) is 0 Å². The van der Waals surface area contributed by atoms with Crippen molar-refractivity contribution in [2.75, 3.05) is 26.5 Å². The Bertz CT molecular complexity index is 988. The zero-order chi connectivity index (χ0) is 20.5. The molecule has 1 atom stereocenters. The maximum absolute atomic E-state index is 12.8. The molecule has 0 aliphatic carbocycles. The number of amides is 1. The van der Waals surface area contributed by atoms with E-state index in [0.717, 1.165) is 15.6 Å². The Morgan fingerprint density at radius 1 is 1.14 bits per heavy atom. The normalized spacial score (nSPS) is 14.4. The number of likely N-dealkylation sites (N-methyl/N-ethyl adjacent to an activating group) is 1. The third-order valence-electron chi connectivity index (χ3n) is 4.82. The Kier molecular flexibility index (Phi) is 6.00. The van der Waals surface area contributed by atoms with Gasteiger partial charge in [0.1, 0.15) is 13.2 Å². The molecule has 0 fully saturated rings. The van der Waals surface area contributed by atoms with Crippen LogP contribution < -0.4 is 9.47 Å². The van der Waals surface area contributed by atoms with Crippen molar-refractivity contribution in [3.8, 4) is 11.5 Å². The number of ether oxygens (including phenoxy) is 2. The standard InChI is InChI=1S/C20H22BrNO5S/c1-13(14-4-6-16(7-5-14)28(3,24)25)22(2)20(23)11-15-10-18-19(12-17(15)21)27-9-8-26-18/h4-7,10,12-13H,8-9,11H2,1-3H3. The van der Waals surface area contributed by atoms with Crippen molar-refractivity contribution in [3.63, 3.8) is 0 Å². The monoisotopic (exact) mass is 467 g/mol. The van der Waals surface area contributed by atoms with Gasteiger partial charge >= 0.3 is 0 Å². The van der Waals surface area contributed by atoms with Crippen molar-refractivity contribution in [2.45, 2.75) is 24.3 Å². The van der Waals surface area contributed by atoms with Crippen LogP contribution in [-0.4, -0.2) is 45.7 Å². The summed E-state index contributed by atoms with van der Waals surface area (Å²) < 4.78 is 35.2. The molecule has 1 heterocycles. The van der Waals surface area contributed by atoms with Gasteiger partial charge < -0.3 is 14.4 Å². The number of carbonyl (C=O) groups excluding carboxylic acids is 1. The van der Waals surface area contributed by atoms with Crippen molar-refractivity contribution in [3.05, 3.63) is 52.0 Å². The number of halogens is 1. The molecular formula is C20H22BrNO5S. The highest BCUT2D eigenvalue weighted by Crippen LogP contribution is 2.36. The van der Waals surface area contributed by atoms with E-state index in [1.165, 1.54) is 6.26 Å². The first-order valence-corrected chi connectivity index (χ1v) is 11.5. The second-order valence-corrected chi connectivity index (χ2v) is 9.66. The maximum atomic E-state index is 12.8. The van der Waals surface area contributed by atoms with Crippen LogP contribution in [0, 0.1) is 0 Å². The van der Waals surface area contributed by atoms with Crippen molar-refractivity contribution in [2.24, 2.45) is 0 Å². The van der Waals surface area contributed by atoms with Crippen LogP contribution >= 0.6 is 15.9 Å². The summed E-state index contributed by atoms with van der Waals surface area (Å²) in [7, 11) is -1.50. The lowest BCUT2D eigenvalue weighted by Crippen LogP contribution is -2.31. The first-order chi connectivity index (χ1) is 13.2. The summed E-state index contributed by atoms with van der Waals surface area (Å²) in [6.07, 6.45) is 1.38. The summed E-state index contributed by atoms with van der Waals surface area (Å²) in [4.78, 5) is 14.7. The zero-order valence-corrected chi connectivity index (χ0v) is 18.3. The molecule has 6 nitrogen and oxygen atoms in total. The molecule has 0 radical (unpaired) electrons. The molecule has 2 aromatic rings. The van der Waals surface area contributed by atoms with Crippen LogP contribution in [0.1, 0.15) is 24.1 Å². The average Bonchev–Trinajstić information content (AvgIpc) is 2.66. The third kappa shape index (κ3) is 4.50. The van der Waals surface area contributed by atoms with Crippen molar-refractivity contribution in [1.29, 1.82) is 0 Å². The van der Waals surface area contributed by atoms with Crippen molar-refractivity contribution in [1.82, 2.24) is 4.90 Å². The number of hydrogen-bond donors (Lipinski definition) is 0. The van der Waals surface area contributed by atoms with Gasteiger partial charge in [0.2, 0.25) is 5.91 Å². The van der Waals surface area contributed by atoms with Crippen molar-refractivity contribution < 1.29 is 22.7 Å². The van der Waals surface area contributed by atoms with Gasteiger partial charge in [-0.05, 0) is 42.3 Å². The second kappa shape index (κ2) is 8.13. The number of hydrogen-bond acceptors (Lipinski definition) is 5. The molecule has 1 aliphatic heterocycles. The summed E-state index contributed by atoms with van der Waals surface area (Å²) in [5, 5.41) is 0. The van der Waals surface area contributed by atoms with Crippen LogP contribution in [0.5, 0.6) is 11.5 Å². The van der Waals surface area contributed by atoms with E-state index in [9.17, 15) is 13.2 Å². The maximum Gasteiger partial charge on any atom is 0.227 e. The molecule has 1 aliphatic rings. The van der Waals surface area contributed by atoms with Gasteiger partial charge in [0.15, 0.2) is 21.3 Å². The van der Waals surface area contributed by atoms with Crippen molar-refractivity contribution >= 4 is 31.7 Å². The van der Waals surface area contributed by atoms with E-state index in [1.54, 1.807) is 36.2 Å². The summed E-state index contributed by atoms with van der Waals surface area (Å²) in [5.74, 6) is 1.25. The minimum absolute atomic E-state index is 0.0583. The Morgan fingerprint density at radius 3 is 2.29 bits per heavy atom. The lowest BCUT2D eigenvalue weighted by molar-refractivity contribution is -0.131. The van der Waals surface area contributed by atoms with E-state index in [-0.39, 0.29) is 23.3 Å². The number of nitrogens with zero attached hydrogens (tertiary/aromatic N) is 1. The van der Waals surface area contributed by atoms with Gasteiger partial charge in [0.25, 0.3) is 0 Å². The number of sulfone groups is 1. The van der Waals surface area contributed by atoms with Crippen LogP contribution in [0.3, 0.4) is 0 Å². The van der Waals surface area contributed by atoms with Gasteiger partial charge in [-0.1, -0.05) is 28.1 Å². The molecule has 0 aromatic heterocycles. The lowest BCUT2D eigenvalue weighted by Gasteiger charge is -2.26. The summed E-state index contributed by atoms with van der Waals surface area (Å²) in [6.45, 7) is 2.91. The summed E-state index contributed by atoms with van der Waals surface area (Å²) >= 11 is 3.50. The molecule has 0 N–H and O–H groups in total. The number of carbonyl (C=O) groups is 1. The van der Waals surface area contributed by atoms with Gasteiger partial charge in [-0.3, -0.25) is 4.79 Å². The number of fused-ring (bicyclic) bond motifs is 1. The highest BCUT2D eigenvalue weighted by Gasteiger charge is 2.21. The SMILES string of the molecule is CC(c1ccc(S(C)(=O)=O)cc1)N(C)C(=O)Cc1cc2c(cc1Br)OCCO2. The Hall–Kier alpha value is -2.06. The minimum atomic E-state index is -3.24. The molecule has 0 spiro atoms. The predicted octanol–water partition coefficient (Wildman–Crippen LogP) is 3.39. The van der Waals surface area contributed by atoms with E-state index in [0.29, 0.717) is 24.7 Å². The summed E-state index contributed by atoms with van der Waals surface area (Å²) in [6, 6.07) is 10.1. The molecule has 1 unspecified atom stereocenters. The molecular weight excluding hydrogens is 446 g/mol. The van der Waals surface area contributed by atoms with Crippen LogP contribution in [0.2, 0.25) is 0 Å².